The third-order valence-electron chi connectivity index (χ3n) is 4.60. The van der Waals surface area contributed by atoms with E-state index in [0.29, 0.717) is 21.7 Å². The number of hydrogen-bond donors (Lipinski definition) is 2. The highest BCUT2D eigenvalue weighted by Gasteiger charge is 2.20. The summed E-state index contributed by atoms with van der Waals surface area (Å²) >= 11 is 7.29. The van der Waals surface area contributed by atoms with E-state index in [1.54, 1.807) is 42.8 Å². The molecule has 0 saturated heterocycles. The van der Waals surface area contributed by atoms with Gasteiger partial charge in [-0.15, -0.1) is 10.2 Å². The smallest absolute Gasteiger partial charge is 0.254 e. The fourth-order valence-electron chi connectivity index (χ4n) is 2.87. The van der Waals surface area contributed by atoms with Crippen molar-refractivity contribution in [1.29, 1.82) is 0 Å². The lowest BCUT2D eigenvalue weighted by Crippen LogP contribution is -2.29. The zero-order valence-electron chi connectivity index (χ0n) is 17.1. The summed E-state index contributed by atoms with van der Waals surface area (Å²) in [4.78, 5) is 24.6. The van der Waals surface area contributed by atoms with E-state index in [-0.39, 0.29) is 17.2 Å². The van der Waals surface area contributed by atoms with Crippen LogP contribution in [0.2, 0.25) is 5.02 Å². The molecule has 0 radical (unpaired) electrons. The minimum Gasteiger partial charge on any atom is -0.342 e. The maximum atomic E-state index is 13.8. The molecule has 162 valence electrons. The van der Waals surface area contributed by atoms with Crippen LogP contribution in [-0.4, -0.2) is 32.3 Å². The second-order valence-electron chi connectivity index (χ2n) is 6.82. The number of rotatable bonds is 7. The lowest BCUT2D eigenvalue weighted by Gasteiger charge is -2.14. The lowest BCUT2D eigenvalue weighted by atomic mass is 10.2. The van der Waals surface area contributed by atoms with Crippen LogP contribution in [0.25, 0.3) is 0 Å². The van der Waals surface area contributed by atoms with Gasteiger partial charge in [-0.25, -0.2) is 4.39 Å². The Morgan fingerprint density at radius 1 is 1.19 bits per heavy atom. The number of halogens is 2. The van der Waals surface area contributed by atoms with Crippen molar-refractivity contribution in [1.82, 2.24) is 20.1 Å². The van der Waals surface area contributed by atoms with Crippen molar-refractivity contribution in [3.05, 3.63) is 70.3 Å². The number of nitrogens with zero attached hydrogens (tertiary/aromatic N) is 3. The molecule has 1 aromatic heterocycles. The van der Waals surface area contributed by atoms with Crippen LogP contribution in [0.5, 0.6) is 0 Å². The van der Waals surface area contributed by atoms with Crippen LogP contribution in [0.3, 0.4) is 0 Å². The Hall–Kier alpha value is -2.91. The summed E-state index contributed by atoms with van der Waals surface area (Å²) in [6, 6.07) is 10.5. The van der Waals surface area contributed by atoms with Crippen molar-refractivity contribution in [2.75, 3.05) is 11.1 Å². The van der Waals surface area contributed by atoms with Crippen LogP contribution >= 0.6 is 23.4 Å². The molecule has 3 aromatic rings. The molecule has 0 spiro atoms. The molecule has 7 nitrogen and oxygen atoms in total. The van der Waals surface area contributed by atoms with Crippen LogP contribution in [0, 0.1) is 12.7 Å². The minimum absolute atomic E-state index is 0.0425. The predicted molar refractivity (Wildman–Crippen MR) is 119 cm³/mol. The summed E-state index contributed by atoms with van der Waals surface area (Å²) in [5, 5.41) is 14.8. The highest BCUT2D eigenvalue weighted by Crippen LogP contribution is 2.24. The normalized spacial score (nSPS) is 11.8. The van der Waals surface area contributed by atoms with E-state index in [1.165, 1.54) is 30.0 Å². The van der Waals surface area contributed by atoms with Gasteiger partial charge in [0.2, 0.25) is 5.91 Å². The highest BCUT2D eigenvalue weighted by molar-refractivity contribution is 7.99. The summed E-state index contributed by atoms with van der Waals surface area (Å²) < 4.78 is 15.5. The molecule has 0 aliphatic rings. The average molecular weight is 462 g/mol. The standard InChI is InChI=1S/C21H21ClFN5O2S/c1-12-15(22)8-6-10-17(12)25-18(29)11-31-21-27-26-19(28(21)3)13(2)24-20(30)14-7-4-5-9-16(14)23/h4-10,13H,11H2,1-3H3,(H,24,30)(H,25,29)/t13-/m0/s1. The van der Waals surface area contributed by atoms with Gasteiger partial charge in [0.25, 0.3) is 5.91 Å². The molecule has 31 heavy (non-hydrogen) atoms. The number of nitrogens with one attached hydrogen (secondary N) is 2. The molecule has 2 aromatic carbocycles. The molecule has 3 rings (SSSR count). The van der Waals surface area contributed by atoms with Crippen molar-refractivity contribution in [2.45, 2.75) is 25.0 Å². The molecule has 0 aliphatic heterocycles. The Balaban J connectivity index is 1.60. The van der Waals surface area contributed by atoms with Gasteiger partial charge in [0.05, 0.1) is 17.4 Å². The Morgan fingerprint density at radius 2 is 1.94 bits per heavy atom. The number of hydrogen-bond acceptors (Lipinski definition) is 5. The average Bonchev–Trinajstić information content (AvgIpc) is 3.10. The van der Waals surface area contributed by atoms with E-state index in [4.69, 9.17) is 11.6 Å². The van der Waals surface area contributed by atoms with Gasteiger partial charge >= 0.3 is 0 Å². The van der Waals surface area contributed by atoms with Crippen molar-refractivity contribution in [3.63, 3.8) is 0 Å². The van der Waals surface area contributed by atoms with Gasteiger partial charge in [-0.1, -0.05) is 41.6 Å². The van der Waals surface area contributed by atoms with Gasteiger partial charge in [-0.2, -0.15) is 0 Å². The zero-order chi connectivity index (χ0) is 22.5. The molecule has 0 aliphatic carbocycles. The number of aromatic nitrogens is 3. The molecular weight excluding hydrogens is 441 g/mol. The SMILES string of the molecule is Cc1c(Cl)cccc1NC(=O)CSc1nnc([C@H](C)NC(=O)c2ccccc2F)n1C. The van der Waals surface area contributed by atoms with Crippen molar-refractivity contribution < 1.29 is 14.0 Å². The summed E-state index contributed by atoms with van der Waals surface area (Å²) in [7, 11) is 1.74. The maximum Gasteiger partial charge on any atom is 0.254 e. The molecule has 0 fully saturated rings. The predicted octanol–water partition coefficient (Wildman–Crippen LogP) is 4.14. The fourth-order valence-corrected chi connectivity index (χ4v) is 3.77. The third-order valence-corrected chi connectivity index (χ3v) is 6.03. The zero-order valence-corrected chi connectivity index (χ0v) is 18.7. The summed E-state index contributed by atoms with van der Waals surface area (Å²) in [5.74, 6) is -0.742. The van der Waals surface area contributed by atoms with E-state index in [9.17, 15) is 14.0 Å². The molecule has 2 amide bonds. The molecule has 1 heterocycles. The van der Waals surface area contributed by atoms with Crippen LogP contribution in [0.1, 0.15) is 34.7 Å². The first-order valence-electron chi connectivity index (χ1n) is 9.40. The van der Waals surface area contributed by atoms with Crippen molar-refractivity contribution >= 4 is 40.9 Å². The molecule has 0 saturated carbocycles. The van der Waals surface area contributed by atoms with E-state index in [1.807, 2.05) is 6.92 Å². The van der Waals surface area contributed by atoms with Crippen LogP contribution < -0.4 is 10.6 Å². The quantitative estimate of drug-likeness (QED) is 0.516. The van der Waals surface area contributed by atoms with E-state index >= 15 is 0 Å². The highest BCUT2D eigenvalue weighted by atomic mass is 35.5. The first kappa shape index (κ1) is 22.8. The monoisotopic (exact) mass is 461 g/mol. The molecule has 10 heteroatoms. The number of carbonyl (C=O) groups excluding carboxylic acids is 2. The summed E-state index contributed by atoms with van der Waals surface area (Å²) in [6.45, 7) is 3.56. The number of carbonyl (C=O) groups is 2. The lowest BCUT2D eigenvalue weighted by molar-refractivity contribution is -0.113. The Kier molecular flexibility index (Phi) is 7.29. The van der Waals surface area contributed by atoms with E-state index in [0.717, 1.165) is 5.56 Å². The molecule has 2 N–H and O–H groups in total. The second-order valence-corrected chi connectivity index (χ2v) is 8.17. The van der Waals surface area contributed by atoms with Gasteiger partial charge in [-0.05, 0) is 43.7 Å². The van der Waals surface area contributed by atoms with Gasteiger partial charge < -0.3 is 15.2 Å². The first-order chi connectivity index (χ1) is 14.8. The number of anilines is 1. The molecule has 0 unspecified atom stereocenters. The molecule has 0 bridgehead atoms. The number of benzene rings is 2. The van der Waals surface area contributed by atoms with Crippen LogP contribution in [0.15, 0.2) is 47.6 Å². The number of thioether (sulfide) groups is 1. The third kappa shape index (κ3) is 5.42. The number of amides is 2. The molecule has 1 atom stereocenters. The topological polar surface area (TPSA) is 88.9 Å². The van der Waals surface area contributed by atoms with Gasteiger partial charge in [-0.3, -0.25) is 9.59 Å². The van der Waals surface area contributed by atoms with E-state index < -0.39 is 17.8 Å². The van der Waals surface area contributed by atoms with Crippen LogP contribution in [0.4, 0.5) is 10.1 Å². The Bertz CT molecular complexity index is 1120. The first-order valence-corrected chi connectivity index (χ1v) is 10.8. The van der Waals surface area contributed by atoms with Gasteiger partial charge in [0, 0.05) is 17.8 Å². The van der Waals surface area contributed by atoms with E-state index in [2.05, 4.69) is 20.8 Å². The van der Waals surface area contributed by atoms with Crippen molar-refractivity contribution in [3.8, 4) is 0 Å². The summed E-state index contributed by atoms with van der Waals surface area (Å²) in [5.41, 5.74) is 1.41. The van der Waals surface area contributed by atoms with Crippen LogP contribution in [-0.2, 0) is 11.8 Å². The minimum atomic E-state index is -0.595. The maximum absolute atomic E-state index is 13.8. The fraction of sp³-hybridized carbons (Fsp3) is 0.238. The Morgan fingerprint density at radius 3 is 2.68 bits per heavy atom. The molecular formula is C21H21ClFN5O2S. The Labute approximate surface area is 188 Å². The van der Waals surface area contributed by atoms with Gasteiger partial charge in [0.15, 0.2) is 11.0 Å². The second kappa shape index (κ2) is 9.93. The largest absolute Gasteiger partial charge is 0.342 e. The summed E-state index contributed by atoms with van der Waals surface area (Å²) in [6.07, 6.45) is 0. The van der Waals surface area contributed by atoms with Crippen molar-refractivity contribution in [2.24, 2.45) is 7.05 Å². The van der Waals surface area contributed by atoms with Gasteiger partial charge in [0.1, 0.15) is 5.82 Å².